The molecule has 23 heavy (non-hydrogen) atoms. The first-order valence-electron chi connectivity index (χ1n) is 8.35. The number of rotatable bonds is 3. The van der Waals surface area contributed by atoms with Crippen LogP contribution in [0.25, 0.3) is 5.57 Å². The quantitative estimate of drug-likeness (QED) is 0.673. The summed E-state index contributed by atoms with van der Waals surface area (Å²) in [6.45, 7) is 11.8. The van der Waals surface area contributed by atoms with Crippen LogP contribution < -0.4 is 0 Å². The van der Waals surface area contributed by atoms with Gasteiger partial charge in [-0.25, -0.2) is 0 Å². The number of hydrogen-bond donors (Lipinski definition) is 0. The van der Waals surface area contributed by atoms with Gasteiger partial charge in [-0.3, -0.25) is 0 Å². The van der Waals surface area contributed by atoms with Crippen LogP contribution in [0.3, 0.4) is 0 Å². The number of nitrogens with zero attached hydrogens (tertiary/aromatic N) is 1. The normalized spacial score (nSPS) is 17.5. The second-order valence-electron chi connectivity index (χ2n) is 7.47. The van der Waals surface area contributed by atoms with Crippen LogP contribution >= 0.6 is 0 Å². The van der Waals surface area contributed by atoms with Crippen molar-refractivity contribution >= 4 is 14.5 Å². The molecule has 0 aliphatic heterocycles. The lowest BCUT2D eigenvalue weighted by molar-refractivity contribution is 0.215. The molecule has 0 N–H and O–H groups in total. The first-order valence-corrected chi connectivity index (χ1v) is 10.8. The van der Waals surface area contributed by atoms with E-state index in [9.17, 15) is 0 Å². The van der Waals surface area contributed by atoms with Crippen LogP contribution in [0.4, 0.5) is 0 Å². The molecule has 1 unspecified atom stereocenters. The van der Waals surface area contributed by atoms with Crippen molar-refractivity contribution in [3.05, 3.63) is 77.4 Å². The summed E-state index contributed by atoms with van der Waals surface area (Å²) in [7, 11) is -0.571. The van der Waals surface area contributed by atoms with E-state index in [0.717, 1.165) is 0 Å². The Hall–Kier alpha value is -1.64. The molecule has 0 aromatic heterocycles. The zero-order valence-electron chi connectivity index (χ0n) is 14.8. The third-order valence-electron chi connectivity index (χ3n) is 4.46. The van der Waals surface area contributed by atoms with Crippen molar-refractivity contribution in [3.63, 3.8) is 0 Å². The Morgan fingerprint density at radius 2 is 1.48 bits per heavy atom. The van der Waals surface area contributed by atoms with E-state index in [1.165, 1.54) is 22.3 Å². The Bertz CT molecular complexity index is 710. The minimum Gasteiger partial charge on any atom is -0.310 e. The molecule has 119 valence electrons. The summed E-state index contributed by atoms with van der Waals surface area (Å²) in [5.41, 5.74) is 5.70. The highest BCUT2D eigenvalue weighted by Crippen LogP contribution is 2.43. The van der Waals surface area contributed by atoms with Crippen LogP contribution in [0.1, 0.15) is 43.5 Å². The van der Waals surface area contributed by atoms with Gasteiger partial charge in [0.1, 0.15) is 8.96 Å². The zero-order chi connectivity index (χ0) is 16.6. The maximum absolute atomic E-state index is 2.71. The number of benzene rings is 2. The fraction of sp³-hybridized carbons (Fsp3) is 0.333. The molecular formula is C21H26NSi. The average molecular weight is 321 g/mol. The van der Waals surface area contributed by atoms with Gasteiger partial charge in [0.25, 0.3) is 0 Å². The molecule has 2 aromatic rings. The molecule has 2 heteroatoms. The Kier molecular flexibility index (Phi) is 4.30. The summed E-state index contributed by atoms with van der Waals surface area (Å²) in [5, 5.41) is 0. The van der Waals surface area contributed by atoms with Gasteiger partial charge in [-0.15, -0.1) is 0 Å². The molecule has 1 aliphatic rings. The predicted octanol–water partition coefficient (Wildman–Crippen LogP) is 5.52. The van der Waals surface area contributed by atoms with Gasteiger partial charge in [0.05, 0.1) is 0 Å². The molecule has 0 bridgehead atoms. The lowest BCUT2D eigenvalue weighted by Gasteiger charge is -2.42. The van der Waals surface area contributed by atoms with E-state index >= 15 is 0 Å². The Balaban J connectivity index is 2.13. The molecule has 2 aromatic carbocycles. The zero-order valence-corrected chi connectivity index (χ0v) is 15.8. The molecule has 0 spiro atoms. The smallest absolute Gasteiger partial charge is 0.131 e. The highest BCUT2D eigenvalue weighted by Gasteiger charge is 2.36. The molecule has 1 atom stereocenters. The van der Waals surface area contributed by atoms with Crippen LogP contribution in [0.2, 0.25) is 13.1 Å². The summed E-state index contributed by atoms with van der Waals surface area (Å²) in [4.78, 5) is 0. The molecule has 0 amide bonds. The molecule has 0 fully saturated rings. The van der Waals surface area contributed by atoms with Gasteiger partial charge in [-0.05, 0) is 43.0 Å². The van der Waals surface area contributed by atoms with Gasteiger partial charge in [0.15, 0.2) is 0 Å². The molecule has 1 aliphatic carbocycles. The minimum atomic E-state index is -0.571. The van der Waals surface area contributed by atoms with Gasteiger partial charge in [0.2, 0.25) is 0 Å². The van der Waals surface area contributed by atoms with Crippen LogP contribution in [0.15, 0.2) is 60.7 Å². The third kappa shape index (κ3) is 3.06. The Labute approximate surface area is 142 Å². The molecule has 3 rings (SSSR count). The van der Waals surface area contributed by atoms with E-state index in [2.05, 4.69) is 99.1 Å². The molecule has 0 saturated carbocycles. The molecular weight excluding hydrogens is 294 g/mol. The predicted molar refractivity (Wildman–Crippen MR) is 102 cm³/mol. The highest BCUT2D eigenvalue weighted by molar-refractivity contribution is 6.53. The van der Waals surface area contributed by atoms with E-state index in [4.69, 9.17) is 0 Å². The van der Waals surface area contributed by atoms with Crippen molar-refractivity contribution in [1.29, 1.82) is 0 Å². The molecule has 0 heterocycles. The standard InChI is InChI=1S/C21H26NSi/c1-21(2,3)22(23(4)5)20-15-19(16-11-7-6-8-12-16)17-13-9-10-14-18(17)20/h6-15,20H,1-5H3. The monoisotopic (exact) mass is 320 g/mol. The van der Waals surface area contributed by atoms with Gasteiger partial charge in [0, 0.05) is 11.6 Å². The van der Waals surface area contributed by atoms with Crippen molar-refractivity contribution in [2.75, 3.05) is 0 Å². The first-order chi connectivity index (χ1) is 10.9. The fourth-order valence-electron chi connectivity index (χ4n) is 3.79. The summed E-state index contributed by atoms with van der Waals surface area (Å²) in [5.74, 6) is 0. The van der Waals surface area contributed by atoms with E-state index in [0.29, 0.717) is 6.04 Å². The minimum absolute atomic E-state index is 0.165. The largest absolute Gasteiger partial charge is 0.310 e. The van der Waals surface area contributed by atoms with Gasteiger partial charge >= 0.3 is 0 Å². The second kappa shape index (κ2) is 6.10. The van der Waals surface area contributed by atoms with E-state index in [1.807, 2.05) is 0 Å². The molecule has 1 nitrogen and oxygen atoms in total. The van der Waals surface area contributed by atoms with E-state index in [-0.39, 0.29) is 5.54 Å². The van der Waals surface area contributed by atoms with Gasteiger partial charge < -0.3 is 4.57 Å². The summed E-state index contributed by atoms with van der Waals surface area (Å²) in [6, 6.07) is 20.1. The maximum Gasteiger partial charge on any atom is 0.131 e. The lowest BCUT2D eigenvalue weighted by atomic mass is 9.99. The second-order valence-corrected chi connectivity index (χ2v) is 9.84. The van der Waals surface area contributed by atoms with Crippen LogP contribution in [0, 0.1) is 0 Å². The van der Waals surface area contributed by atoms with Crippen molar-refractivity contribution < 1.29 is 0 Å². The van der Waals surface area contributed by atoms with Crippen molar-refractivity contribution in [1.82, 2.24) is 4.57 Å². The maximum atomic E-state index is 2.71. The SMILES string of the molecule is C[Si](C)N(C1C=C(c2ccccc2)c2ccccc21)C(C)(C)C. The summed E-state index contributed by atoms with van der Waals surface area (Å²) >= 11 is 0. The van der Waals surface area contributed by atoms with Crippen molar-refractivity contribution in [2.45, 2.75) is 45.4 Å². The van der Waals surface area contributed by atoms with Crippen molar-refractivity contribution in [2.24, 2.45) is 0 Å². The highest BCUT2D eigenvalue weighted by atomic mass is 28.3. The summed E-state index contributed by atoms with van der Waals surface area (Å²) in [6.07, 6.45) is 2.48. The Morgan fingerprint density at radius 3 is 2.09 bits per heavy atom. The number of hydrogen-bond acceptors (Lipinski definition) is 1. The number of fused-ring (bicyclic) bond motifs is 1. The third-order valence-corrected chi connectivity index (χ3v) is 6.37. The van der Waals surface area contributed by atoms with E-state index < -0.39 is 8.96 Å². The lowest BCUT2D eigenvalue weighted by Crippen LogP contribution is -2.49. The average Bonchev–Trinajstić information content (AvgIpc) is 2.86. The van der Waals surface area contributed by atoms with Crippen LogP contribution in [0.5, 0.6) is 0 Å². The van der Waals surface area contributed by atoms with Gasteiger partial charge in [-0.2, -0.15) is 0 Å². The van der Waals surface area contributed by atoms with Gasteiger partial charge in [-0.1, -0.05) is 73.8 Å². The van der Waals surface area contributed by atoms with Crippen LogP contribution in [-0.4, -0.2) is 19.1 Å². The van der Waals surface area contributed by atoms with Crippen LogP contribution in [-0.2, 0) is 0 Å². The molecule has 0 saturated heterocycles. The first kappa shape index (κ1) is 16.2. The fourth-order valence-corrected chi connectivity index (χ4v) is 5.90. The van der Waals surface area contributed by atoms with E-state index in [1.54, 1.807) is 0 Å². The summed E-state index contributed by atoms with van der Waals surface area (Å²) < 4.78 is 2.71. The topological polar surface area (TPSA) is 3.24 Å². The Morgan fingerprint density at radius 1 is 0.870 bits per heavy atom. The van der Waals surface area contributed by atoms with Crippen molar-refractivity contribution in [3.8, 4) is 0 Å². The molecule has 1 radical (unpaired) electrons.